The quantitative estimate of drug-likeness (QED) is 0.749. The molecular weight excluding hydrogens is 210 g/mol. The zero-order valence-electron chi connectivity index (χ0n) is 8.29. The summed E-state index contributed by atoms with van der Waals surface area (Å²) in [7, 11) is 0. The van der Waals surface area contributed by atoms with Crippen LogP contribution in [0.5, 0.6) is 0 Å². The molecule has 6 heteroatoms. The van der Waals surface area contributed by atoms with E-state index in [9.17, 15) is 9.59 Å². The Morgan fingerprint density at radius 1 is 1.50 bits per heavy atom. The van der Waals surface area contributed by atoms with E-state index in [-0.39, 0.29) is 23.9 Å². The van der Waals surface area contributed by atoms with Gasteiger partial charge in [-0.3, -0.25) is 9.36 Å². The number of aromatic nitrogens is 2. The minimum absolute atomic E-state index is 0.111. The molecule has 2 aromatic rings. The molecule has 0 aliphatic carbocycles. The van der Waals surface area contributed by atoms with Crippen LogP contribution in [0, 0.1) is 0 Å². The molecule has 0 atom stereocenters. The number of Topliss-reactive ketones (excluding diaryl/α,β-unsaturated/α-hetero) is 1. The van der Waals surface area contributed by atoms with Gasteiger partial charge in [0.25, 0.3) is 0 Å². The van der Waals surface area contributed by atoms with Crippen LogP contribution < -0.4 is 11.4 Å². The molecule has 6 nitrogen and oxygen atoms in total. The molecule has 82 valence electrons. The van der Waals surface area contributed by atoms with Gasteiger partial charge in [0.15, 0.2) is 5.76 Å². The van der Waals surface area contributed by atoms with E-state index in [1.807, 2.05) is 0 Å². The Morgan fingerprint density at radius 3 is 2.94 bits per heavy atom. The van der Waals surface area contributed by atoms with E-state index >= 15 is 0 Å². The van der Waals surface area contributed by atoms with Crippen LogP contribution in [0.2, 0.25) is 0 Å². The lowest BCUT2D eigenvalue weighted by atomic mass is 10.3. The summed E-state index contributed by atoms with van der Waals surface area (Å²) in [5, 5.41) is 0. The lowest BCUT2D eigenvalue weighted by Gasteiger charge is -2.02. The third-order valence-corrected chi connectivity index (χ3v) is 2.01. The third-order valence-electron chi connectivity index (χ3n) is 2.01. The minimum atomic E-state index is -0.556. The van der Waals surface area contributed by atoms with Crippen molar-refractivity contribution in [1.29, 1.82) is 0 Å². The second kappa shape index (κ2) is 4.01. The molecular formula is C10H9N3O3. The lowest BCUT2D eigenvalue weighted by Crippen LogP contribution is -2.26. The van der Waals surface area contributed by atoms with Crippen molar-refractivity contribution in [2.75, 3.05) is 5.73 Å². The summed E-state index contributed by atoms with van der Waals surface area (Å²) < 4.78 is 6.09. The number of anilines is 1. The largest absolute Gasteiger partial charge is 0.461 e. The summed E-state index contributed by atoms with van der Waals surface area (Å²) in [5.41, 5.74) is 4.77. The third kappa shape index (κ3) is 2.00. The number of rotatable bonds is 3. The van der Waals surface area contributed by atoms with Crippen LogP contribution in [0.4, 0.5) is 5.82 Å². The summed E-state index contributed by atoms with van der Waals surface area (Å²) in [4.78, 5) is 26.4. The first-order chi connectivity index (χ1) is 7.66. The highest BCUT2D eigenvalue weighted by atomic mass is 16.3. The number of nitrogens with zero attached hydrogens (tertiary/aromatic N) is 2. The molecule has 0 saturated heterocycles. The maximum atomic E-state index is 11.6. The summed E-state index contributed by atoms with van der Waals surface area (Å²) in [6.45, 7) is -0.111. The number of ketones is 1. The van der Waals surface area contributed by atoms with E-state index in [2.05, 4.69) is 4.98 Å². The van der Waals surface area contributed by atoms with E-state index in [0.717, 1.165) is 0 Å². The van der Waals surface area contributed by atoms with Crippen molar-refractivity contribution in [3.63, 3.8) is 0 Å². The summed E-state index contributed by atoms with van der Waals surface area (Å²) in [5.74, 6) is 0.0501. The number of hydrogen-bond acceptors (Lipinski definition) is 5. The molecule has 0 aliphatic rings. The second-order valence-electron chi connectivity index (χ2n) is 3.16. The average Bonchev–Trinajstić information content (AvgIpc) is 2.75. The zero-order chi connectivity index (χ0) is 11.5. The Balaban J connectivity index is 2.22. The zero-order valence-corrected chi connectivity index (χ0v) is 8.29. The minimum Gasteiger partial charge on any atom is -0.461 e. The van der Waals surface area contributed by atoms with Crippen molar-refractivity contribution in [3.05, 3.63) is 46.9 Å². The number of carbonyl (C=O) groups excluding carboxylic acids is 1. The summed E-state index contributed by atoms with van der Waals surface area (Å²) >= 11 is 0. The topological polar surface area (TPSA) is 91.1 Å². The number of carbonyl (C=O) groups is 1. The molecule has 0 saturated carbocycles. The van der Waals surface area contributed by atoms with Crippen molar-refractivity contribution in [3.8, 4) is 0 Å². The highest BCUT2D eigenvalue weighted by molar-refractivity contribution is 5.93. The van der Waals surface area contributed by atoms with Crippen molar-refractivity contribution in [2.45, 2.75) is 6.54 Å². The first-order valence-electron chi connectivity index (χ1n) is 4.56. The second-order valence-corrected chi connectivity index (χ2v) is 3.16. The van der Waals surface area contributed by atoms with Crippen LogP contribution in [0.25, 0.3) is 0 Å². The van der Waals surface area contributed by atoms with Crippen LogP contribution in [-0.4, -0.2) is 15.3 Å². The van der Waals surface area contributed by atoms with Gasteiger partial charge in [-0.25, -0.2) is 4.79 Å². The Bertz CT molecular complexity index is 557. The van der Waals surface area contributed by atoms with E-state index in [4.69, 9.17) is 10.2 Å². The van der Waals surface area contributed by atoms with Gasteiger partial charge < -0.3 is 10.2 Å². The first-order valence-corrected chi connectivity index (χ1v) is 4.56. The van der Waals surface area contributed by atoms with Crippen LogP contribution in [0.1, 0.15) is 10.6 Å². The normalized spacial score (nSPS) is 10.2. The summed E-state index contributed by atoms with van der Waals surface area (Å²) in [6.07, 6.45) is 2.82. The van der Waals surface area contributed by atoms with Gasteiger partial charge in [0.1, 0.15) is 5.82 Å². The van der Waals surface area contributed by atoms with E-state index < -0.39 is 5.69 Å². The fourth-order valence-corrected chi connectivity index (χ4v) is 1.23. The number of nitrogen functional groups attached to an aromatic ring is 1. The van der Waals surface area contributed by atoms with Gasteiger partial charge >= 0.3 is 5.69 Å². The van der Waals surface area contributed by atoms with Crippen molar-refractivity contribution < 1.29 is 9.21 Å². The van der Waals surface area contributed by atoms with Crippen molar-refractivity contribution in [2.24, 2.45) is 0 Å². The Hall–Kier alpha value is -2.37. The van der Waals surface area contributed by atoms with Crippen molar-refractivity contribution >= 4 is 11.6 Å². The lowest BCUT2D eigenvalue weighted by molar-refractivity contribution is 0.0943. The van der Waals surface area contributed by atoms with Crippen LogP contribution in [0.15, 0.2) is 39.9 Å². The first kappa shape index (κ1) is 10.2. The number of nitrogens with two attached hydrogens (primary N) is 1. The molecule has 0 radical (unpaired) electrons. The molecule has 0 amide bonds. The van der Waals surface area contributed by atoms with Crippen molar-refractivity contribution in [1.82, 2.24) is 9.55 Å². The van der Waals surface area contributed by atoms with Gasteiger partial charge in [0.05, 0.1) is 12.8 Å². The molecule has 16 heavy (non-hydrogen) atoms. The SMILES string of the molecule is Nc1ccn(CC(=O)c2ccco2)c(=O)n1. The van der Waals surface area contributed by atoms with Gasteiger partial charge in [-0.05, 0) is 18.2 Å². The molecule has 2 N–H and O–H groups in total. The predicted octanol–water partition coefficient (Wildman–Crippen LogP) is 0.301. The van der Waals surface area contributed by atoms with Gasteiger partial charge in [0, 0.05) is 6.20 Å². The number of hydrogen-bond donors (Lipinski definition) is 1. The standard InChI is InChI=1S/C10H9N3O3/c11-9-3-4-13(10(15)12-9)6-7(14)8-2-1-5-16-8/h1-5H,6H2,(H2,11,12,15). The monoisotopic (exact) mass is 219 g/mol. The molecule has 0 bridgehead atoms. The molecule has 0 aromatic carbocycles. The molecule has 0 fully saturated rings. The maximum absolute atomic E-state index is 11.6. The molecule has 2 rings (SSSR count). The number of furan rings is 1. The van der Waals surface area contributed by atoms with Gasteiger partial charge in [-0.1, -0.05) is 0 Å². The van der Waals surface area contributed by atoms with Gasteiger partial charge in [-0.2, -0.15) is 4.98 Å². The van der Waals surface area contributed by atoms with Gasteiger partial charge in [-0.15, -0.1) is 0 Å². The summed E-state index contributed by atoms with van der Waals surface area (Å²) in [6, 6.07) is 4.60. The highest BCUT2D eigenvalue weighted by Gasteiger charge is 2.10. The molecule has 2 aromatic heterocycles. The Morgan fingerprint density at radius 2 is 2.31 bits per heavy atom. The van der Waals surface area contributed by atoms with E-state index in [0.29, 0.717) is 0 Å². The molecule has 0 spiro atoms. The van der Waals surface area contributed by atoms with E-state index in [1.54, 1.807) is 6.07 Å². The Labute approximate surface area is 90.3 Å². The highest BCUT2D eigenvalue weighted by Crippen LogP contribution is 2.02. The van der Waals surface area contributed by atoms with E-state index in [1.165, 1.54) is 29.2 Å². The Kier molecular flexibility index (Phi) is 2.55. The average molecular weight is 219 g/mol. The molecule has 0 aliphatic heterocycles. The molecule has 2 heterocycles. The van der Waals surface area contributed by atoms with Gasteiger partial charge in [0.2, 0.25) is 5.78 Å². The maximum Gasteiger partial charge on any atom is 0.349 e. The van der Waals surface area contributed by atoms with Crippen LogP contribution in [-0.2, 0) is 6.54 Å². The fourth-order valence-electron chi connectivity index (χ4n) is 1.23. The van der Waals surface area contributed by atoms with Crippen LogP contribution in [0.3, 0.4) is 0 Å². The van der Waals surface area contributed by atoms with Crippen LogP contribution >= 0.6 is 0 Å². The smallest absolute Gasteiger partial charge is 0.349 e. The predicted molar refractivity (Wildman–Crippen MR) is 55.9 cm³/mol. The fraction of sp³-hybridized carbons (Fsp3) is 0.100. The molecule has 0 unspecified atom stereocenters.